The lowest BCUT2D eigenvalue weighted by atomic mass is 10.1. The lowest BCUT2D eigenvalue weighted by Gasteiger charge is -2.21. The standard InChI is InChI=1S/C19H21ClN4O6S/c1-10(11-7-8-23(2)9-11)21-14-15(18(27)17(14)26)22-13-6-5-12(20)19(16(13)25)31(28,29)24(3)30-4/h5-10,21-22,25H,1-4H3. The summed E-state index contributed by atoms with van der Waals surface area (Å²) >= 11 is 5.99. The summed E-state index contributed by atoms with van der Waals surface area (Å²) in [7, 11) is -0.154. The second kappa shape index (κ2) is 8.35. The molecule has 0 spiro atoms. The van der Waals surface area contributed by atoms with Crippen LogP contribution in [0.15, 0.2) is 45.1 Å². The first kappa shape index (κ1) is 22.8. The van der Waals surface area contributed by atoms with Crippen LogP contribution in [0, 0.1) is 0 Å². The number of nitrogens with one attached hydrogen (secondary N) is 2. The van der Waals surface area contributed by atoms with Crippen molar-refractivity contribution in [2.45, 2.75) is 17.9 Å². The summed E-state index contributed by atoms with van der Waals surface area (Å²) in [6, 6.07) is 4.12. The van der Waals surface area contributed by atoms with Crippen molar-refractivity contribution in [3.8, 4) is 5.75 Å². The number of phenols is 1. The molecular weight excluding hydrogens is 448 g/mol. The maximum Gasteiger partial charge on any atom is 0.269 e. The van der Waals surface area contributed by atoms with Gasteiger partial charge in [0.15, 0.2) is 5.75 Å². The summed E-state index contributed by atoms with van der Waals surface area (Å²) in [5, 5.41) is 15.9. The van der Waals surface area contributed by atoms with E-state index in [-0.39, 0.29) is 28.1 Å². The molecule has 1 aromatic heterocycles. The van der Waals surface area contributed by atoms with Crippen LogP contribution in [0.1, 0.15) is 18.5 Å². The van der Waals surface area contributed by atoms with E-state index in [1.165, 1.54) is 12.1 Å². The number of anilines is 3. The molecule has 10 nitrogen and oxygen atoms in total. The molecular formula is C19H21ClN4O6S. The van der Waals surface area contributed by atoms with Gasteiger partial charge in [0.2, 0.25) is 0 Å². The third-order valence-corrected chi connectivity index (χ3v) is 7.00. The van der Waals surface area contributed by atoms with Crippen LogP contribution in [-0.4, -0.2) is 36.7 Å². The Balaban J connectivity index is 1.96. The average molecular weight is 469 g/mol. The maximum atomic E-state index is 12.6. The summed E-state index contributed by atoms with van der Waals surface area (Å²) in [4.78, 5) is 28.4. The molecule has 166 valence electrons. The van der Waals surface area contributed by atoms with E-state index in [0.29, 0.717) is 4.47 Å². The van der Waals surface area contributed by atoms with Gasteiger partial charge in [-0.3, -0.25) is 14.4 Å². The average Bonchev–Trinajstić information content (AvgIpc) is 3.17. The Hall–Kier alpha value is -2.86. The highest BCUT2D eigenvalue weighted by molar-refractivity contribution is 7.89. The predicted octanol–water partition coefficient (Wildman–Crippen LogP) is 2.08. The van der Waals surface area contributed by atoms with Gasteiger partial charge in [0.1, 0.15) is 16.3 Å². The number of aryl methyl sites for hydroxylation is 1. The summed E-state index contributed by atoms with van der Waals surface area (Å²) < 4.78 is 27.6. The first-order valence-corrected chi connectivity index (χ1v) is 10.8. The third-order valence-electron chi connectivity index (χ3n) is 4.82. The Morgan fingerprint density at radius 2 is 1.84 bits per heavy atom. The van der Waals surface area contributed by atoms with E-state index in [4.69, 9.17) is 16.4 Å². The van der Waals surface area contributed by atoms with Crippen molar-refractivity contribution in [3.63, 3.8) is 0 Å². The fraction of sp³-hybridized carbons (Fsp3) is 0.263. The van der Waals surface area contributed by atoms with E-state index >= 15 is 0 Å². The van der Waals surface area contributed by atoms with E-state index in [9.17, 15) is 23.1 Å². The highest BCUT2D eigenvalue weighted by atomic mass is 35.5. The number of nitrogens with zero attached hydrogens (tertiary/aromatic N) is 2. The van der Waals surface area contributed by atoms with E-state index in [1.54, 1.807) is 0 Å². The molecule has 0 fully saturated rings. The van der Waals surface area contributed by atoms with Crippen LogP contribution in [0.4, 0.5) is 17.1 Å². The largest absolute Gasteiger partial charge is 0.504 e. The van der Waals surface area contributed by atoms with E-state index in [2.05, 4.69) is 10.6 Å². The SMILES string of the molecule is CON(C)S(=O)(=O)c1c(Cl)ccc(Nc2c(NC(C)c3ccn(C)c3)c(=O)c2=O)c1O. The van der Waals surface area contributed by atoms with E-state index < -0.39 is 31.5 Å². The molecule has 3 rings (SSSR count). The molecule has 1 unspecified atom stereocenters. The normalized spacial score (nSPS) is 13.0. The number of benzene rings is 1. The number of sulfonamides is 1. The molecule has 1 heterocycles. The highest BCUT2D eigenvalue weighted by Crippen LogP contribution is 2.40. The fourth-order valence-corrected chi connectivity index (χ4v) is 4.55. The first-order valence-electron chi connectivity index (χ1n) is 9.02. The van der Waals surface area contributed by atoms with Crippen LogP contribution in [0.2, 0.25) is 5.02 Å². The molecule has 0 aliphatic heterocycles. The lowest BCUT2D eigenvalue weighted by Crippen LogP contribution is -2.37. The summed E-state index contributed by atoms with van der Waals surface area (Å²) in [5.41, 5.74) is -0.786. The lowest BCUT2D eigenvalue weighted by molar-refractivity contribution is -0.0259. The number of phenolic OH excluding ortho intramolecular Hbond substituents is 1. The van der Waals surface area contributed by atoms with Crippen LogP contribution >= 0.6 is 11.6 Å². The molecule has 12 heteroatoms. The molecule has 1 atom stereocenters. The van der Waals surface area contributed by atoms with Gasteiger partial charge < -0.3 is 20.3 Å². The molecule has 31 heavy (non-hydrogen) atoms. The number of halogens is 1. The number of hydrogen-bond donors (Lipinski definition) is 3. The molecule has 0 aliphatic carbocycles. The number of aromatic hydroxyl groups is 1. The molecule has 0 aliphatic rings. The number of aromatic nitrogens is 1. The molecule has 0 saturated carbocycles. The molecule has 3 aromatic rings. The van der Waals surface area contributed by atoms with Crippen molar-refractivity contribution in [1.82, 2.24) is 9.04 Å². The van der Waals surface area contributed by atoms with Gasteiger partial charge in [0, 0.05) is 26.5 Å². The molecule has 0 bridgehead atoms. The second-order valence-corrected chi connectivity index (χ2v) is 9.16. The number of hydrogen-bond acceptors (Lipinski definition) is 8. The smallest absolute Gasteiger partial charge is 0.269 e. The molecule has 2 aromatic carbocycles. The van der Waals surface area contributed by atoms with Crippen molar-refractivity contribution < 1.29 is 18.4 Å². The fourth-order valence-electron chi connectivity index (χ4n) is 2.98. The van der Waals surface area contributed by atoms with Gasteiger partial charge in [-0.1, -0.05) is 16.1 Å². The zero-order valence-corrected chi connectivity index (χ0v) is 18.7. The first-order chi connectivity index (χ1) is 14.5. The van der Waals surface area contributed by atoms with Crippen LogP contribution in [0.25, 0.3) is 0 Å². The Kier molecular flexibility index (Phi) is 6.14. The minimum atomic E-state index is -4.28. The summed E-state index contributed by atoms with van der Waals surface area (Å²) in [5.74, 6) is -0.716. The molecule has 0 radical (unpaired) electrons. The van der Waals surface area contributed by atoms with Gasteiger partial charge in [-0.25, -0.2) is 8.42 Å². The van der Waals surface area contributed by atoms with Crippen LogP contribution in [0.5, 0.6) is 5.75 Å². The number of hydroxylamine groups is 1. The Morgan fingerprint density at radius 1 is 1.19 bits per heavy atom. The monoisotopic (exact) mass is 468 g/mol. The predicted molar refractivity (Wildman–Crippen MR) is 117 cm³/mol. The van der Waals surface area contributed by atoms with Crippen LogP contribution < -0.4 is 21.5 Å². The van der Waals surface area contributed by atoms with Crippen LogP contribution in [0.3, 0.4) is 0 Å². The minimum Gasteiger partial charge on any atom is -0.504 e. The Bertz CT molecular complexity index is 1310. The van der Waals surface area contributed by atoms with E-state index in [1.807, 2.05) is 37.0 Å². The van der Waals surface area contributed by atoms with Gasteiger partial charge in [-0.05, 0) is 30.7 Å². The summed E-state index contributed by atoms with van der Waals surface area (Å²) in [6.07, 6.45) is 3.71. The van der Waals surface area contributed by atoms with Crippen molar-refractivity contribution >= 4 is 38.7 Å². The molecule has 3 N–H and O–H groups in total. The van der Waals surface area contributed by atoms with Gasteiger partial charge in [0.05, 0.1) is 23.9 Å². The second-order valence-electron chi connectivity index (χ2n) is 6.88. The molecule has 0 amide bonds. The van der Waals surface area contributed by atoms with E-state index in [0.717, 1.165) is 19.7 Å². The van der Waals surface area contributed by atoms with Crippen molar-refractivity contribution in [2.24, 2.45) is 7.05 Å². The van der Waals surface area contributed by atoms with Crippen LogP contribution in [-0.2, 0) is 21.9 Å². The van der Waals surface area contributed by atoms with Crippen molar-refractivity contribution in [3.05, 3.63) is 61.6 Å². The quantitative estimate of drug-likeness (QED) is 0.260. The third kappa shape index (κ3) is 4.04. The summed E-state index contributed by atoms with van der Waals surface area (Å²) in [6.45, 7) is 1.82. The number of rotatable bonds is 8. The van der Waals surface area contributed by atoms with Gasteiger partial charge in [-0.2, -0.15) is 0 Å². The highest BCUT2D eigenvalue weighted by Gasteiger charge is 2.31. The zero-order valence-electron chi connectivity index (χ0n) is 17.1. The van der Waals surface area contributed by atoms with Crippen molar-refractivity contribution in [2.75, 3.05) is 24.8 Å². The van der Waals surface area contributed by atoms with Gasteiger partial charge in [0.25, 0.3) is 20.9 Å². The minimum absolute atomic E-state index is 0.0362. The zero-order chi connectivity index (χ0) is 23.1. The van der Waals surface area contributed by atoms with Gasteiger partial charge >= 0.3 is 0 Å². The Labute approximate surface area is 183 Å². The van der Waals surface area contributed by atoms with Gasteiger partial charge in [-0.15, -0.1) is 0 Å². The topological polar surface area (TPSA) is 130 Å². The molecule has 0 saturated heterocycles. The maximum absolute atomic E-state index is 12.6. The van der Waals surface area contributed by atoms with Crippen molar-refractivity contribution in [1.29, 1.82) is 0 Å². The Morgan fingerprint density at radius 3 is 2.42 bits per heavy atom.